The van der Waals surface area contributed by atoms with Gasteiger partial charge in [-0.1, -0.05) is 19.9 Å². The van der Waals surface area contributed by atoms with Crippen LogP contribution in [0.25, 0.3) is 22.2 Å². The number of hydrogen-bond donors (Lipinski definition) is 1. The fourth-order valence-electron chi connectivity index (χ4n) is 3.81. The fourth-order valence-corrected chi connectivity index (χ4v) is 3.81. The smallest absolute Gasteiger partial charge is 0.249 e. The number of nitriles is 2. The number of fused-ring (bicyclic) bond motifs is 1. The van der Waals surface area contributed by atoms with Gasteiger partial charge in [-0.05, 0) is 66.6 Å². The molecule has 0 atom stereocenters. The van der Waals surface area contributed by atoms with Crippen molar-refractivity contribution in [2.75, 3.05) is 5.32 Å². The van der Waals surface area contributed by atoms with Gasteiger partial charge in [-0.15, -0.1) is 0 Å². The summed E-state index contributed by atoms with van der Waals surface area (Å²) in [6.45, 7) is 5.95. The second-order valence-corrected chi connectivity index (χ2v) is 7.94. The van der Waals surface area contributed by atoms with Crippen molar-refractivity contribution in [1.82, 2.24) is 19.5 Å². The van der Waals surface area contributed by atoms with Crippen LogP contribution in [0.3, 0.4) is 0 Å². The number of aromatic nitrogens is 4. The van der Waals surface area contributed by atoms with Crippen molar-refractivity contribution in [2.24, 2.45) is 7.05 Å². The van der Waals surface area contributed by atoms with E-state index in [0.717, 1.165) is 33.4 Å². The third kappa shape index (κ3) is 5.24. The third-order valence-corrected chi connectivity index (χ3v) is 5.59. The van der Waals surface area contributed by atoms with Crippen LogP contribution in [0, 0.1) is 29.6 Å². The summed E-state index contributed by atoms with van der Waals surface area (Å²) in [6, 6.07) is 20.8. The van der Waals surface area contributed by atoms with Gasteiger partial charge in [0.1, 0.15) is 17.3 Å². The van der Waals surface area contributed by atoms with E-state index in [-0.39, 0.29) is 0 Å². The normalized spacial score (nSPS) is 10.1. The van der Waals surface area contributed by atoms with Crippen molar-refractivity contribution in [1.29, 1.82) is 10.5 Å². The number of hydrogen-bond acceptors (Lipinski definition) is 7. The summed E-state index contributed by atoms with van der Waals surface area (Å²) in [5.41, 5.74) is 5.97. The first-order valence-corrected chi connectivity index (χ1v) is 11.8. The van der Waals surface area contributed by atoms with Crippen LogP contribution in [0.1, 0.15) is 30.5 Å². The molecule has 2 aromatic carbocycles. The van der Waals surface area contributed by atoms with Gasteiger partial charge in [0.15, 0.2) is 0 Å². The molecule has 3 heterocycles. The van der Waals surface area contributed by atoms with E-state index in [1.54, 1.807) is 36.7 Å². The van der Waals surface area contributed by atoms with Crippen molar-refractivity contribution < 1.29 is 4.74 Å². The van der Waals surface area contributed by atoms with Crippen LogP contribution < -0.4 is 10.1 Å². The Kier molecular flexibility index (Phi) is 7.42. The van der Waals surface area contributed by atoms with Crippen molar-refractivity contribution in [3.8, 4) is 34.9 Å². The van der Waals surface area contributed by atoms with Crippen molar-refractivity contribution in [2.45, 2.75) is 20.8 Å². The van der Waals surface area contributed by atoms with Gasteiger partial charge in [0.05, 0.1) is 22.7 Å². The van der Waals surface area contributed by atoms with Crippen LogP contribution in [0.4, 0.5) is 11.6 Å². The lowest BCUT2D eigenvalue weighted by atomic mass is 10.0. The first-order valence-electron chi connectivity index (χ1n) is 11.8. The predicted molar refractivity (Wildman–Crippen MR) is 143 cm³/mol. The number of anilines is 2. The first kappa shape index (κ1) is 24.9. The zero-order valence-corrected chi connectivity index (χ0v) is 21.0. The highest BCUT2D eigenvalue weighted by Gasteiger charge is 2.15. The van der Waals surface area contributed by atoms with Crippen LogP contribution >= 0.6 is 0 Å². The lowest BCUT2D eigenvalue weighted by molar-refractivity contribution is 0.463. The van der Waals surface area contributed by atoms with E-state index >= 15 is 0 Å². The molecule has 3 aromatic heterocycles. The number of ether oxygens (including phenoxy) is 1. The molecule has 0 radical (unpaired) electrons. The molecule has 0 aliphatic heterocycles. The minimum atomic E-state index is 0.383. The maximum Gasteiger partial charge on any atom is 0.249 e. The molecule has 0 aliphatic carbocycles. The summed E-state index contributed by atoms with van der Waals surface area (Å²) < 4.78 is 8.20. The predicted octanol–water partition coefficient (Wildman–Crippen LogP) is 6.64. The molecule has 0 amide bonds. The Morgan fingerprint density at radius 3 is 2.43 bits per heavy atom. The molecule has 1 N–H and O–H groups in total. The van der Waals surface area contributed by atoms with Gasteiger partial charge in [-0.25, -0.2) is 4.98 Å². The van der Waals surface area contributed by atoms with Crippen LogP contribution in [0.5, 0.6) is 11.6 Å². The van der Waals surface area contributed by atoms with Gasteiger partial charge < -0.3 is 14.6 Å². The van der Waals surface area contributed by atoms with Crippen LogP contribution in [0.2, 0.25) is 0 Å². The molecule has 5 rings (SSSR count). The highest BCUT2D eigenvalue weighted by atomic mass is 16.5. The minimum absolute atomic E-state index is 0.383. The van der Waals surface area contributed by atoms with Gasteiger partial charge in [0.2, 0.25) is 11.8 Å². The summed E-state index contributed by atoms with van der Waals surface area (Å²) in [4.78, 5) is 13.3. The molecule has 8 heteroatoms. The summed E-state index contributed by atoms with van der Waals surface area (Å²) >= 11 is 0. The quantitative estimate of drug-likeness (QED) is 0.295. The molecule has 0 aliphatic rings. The molecule has 0 unspecified atom stereocenters. The van der Waals surface area contributed by atoms with Crippen molar-refractivity contribution >= 4 is 22.7 Å². The maximum absolute atomic E-state index is 9.41. The molecule has 0 fully saturated rings. The highest BCUT2D eigenvalue weighted by Crippen LogP contribution is 2.34. The molecule has 182 valence electrons. The van der Waals surface area contributed by atoms with Gasteiger partial charge in [0.25, 0.3) is 0 Å². The van der Waals surface area contributed by atoms with E-state index < -0.39 is 0 Å². The lowest BCUT2D eigenvalue weighted by Gasteiger charge is -2.13. The largest absolute Gasteiger partial charge is 0.437 e. The Bertz CT molecular complexity index is 1640. The Morgan fingerprint density at radius 1 is 0.946 bits per heavy atom. The van der Waals surface area contributed by atoms with Crippen molar-refractivity contribution in [3.63, 3.8) is 0 Å². The molecule has 0 saturated heterocycles. The van der Waals surface area contributed by atoms with E-state index in [4.69, 9.17) is 10.00 Å². The number of nitrogens with one attached hydrogen (secondary N) is 1. The van der Waals surface area contributed by atoms with E-state index in [2.05, 4.69) is 32.4 Å². The standard InChI is InChI=1S/C27H19N7O.C2H6/c1-17-13-19(22-9-11-30-16-20(22)15-29)5-8-24(17)35-26-25-23(10-12-34(25)2)32-27(33-26)31-21-6-3-18(14-28)4-7-21;1-2/h3-13,16H,1-2H3,(H,31,32,33);1-2H3. The van der Waals surface area contributed by atoms with E-state index in [0.29, 0.717) is 28.7 Å². The Hall–Kier alpha value is -5.21. The molecule has 5 aromatic rings. The monoisotopic (exact) mass is 487 g/mol. The molecule has 37 heavy (non-hydrogen) atoms. The fraction of sp³-hybridized carbons (Fsp3) is 0.138. The Labute approximate surface area is 215 Å². The van der Waals surface area contributed by atoms with Gasteiger partial charge in [-0.2, -0.15) is 15.5 Å². The second-order valence-electron chi connectivity index (χ2n) is 7.94. The third-order valence-electron chi connectivity index (χ3n) is 5.59. The van der Waals surface area contributed by atoms with Crippen LogP contribution in [-0.4, -0.2) is 19.5 Å². The molecule has 0 spiro atoms. The average molecular weight is 488 g/mol. The Morgan fingerprint density at radius 2 is 1.73 bits per heavy atom. The van der Waals surface area contributed by atoms with Gasteiger partial charge in [-0.3, -0.25) is 4.98 Å². The SMILES string of the molecule is CC.Cc1cc(-c2ccncc2C#N)ccc1Oc1nc(Nc2ccc(C#N)cc2)nc2ccn(C)c12. The number of nitrogens with zero attached hydrogens (tertiary/aromatic N) is 6. The van der Waals surface area contributed by atoms with E-state index in [9.17, 15) is 5.26 Å². The summed E-state index contributed by atoms with van der Waals surface area (Å²) in [5, 5.41) is 21.6. The minimum Gasteiger partial charge on any atom is -0.437 e. The number of pyridine rings is 1. The van der Waals surface area contributed by atoms with Crippen molar-refractivity contribution in [3.05, 3.63) is 89.9 Å². The number of aryl methyl sites for hydroxylation is 2. The highest BCUT2D eigenvalue weighted by molar-refractivity contribution is 5.83. The Balaban J connectivity index is 0.00000156. The van der Waals surface area contributed by atoms with Crippen LogP contribution in [-0.2, 0) is 7.05 Å². The number of benzene rings is 2. The summed E-state index contributed by atoms with van der Waals surface area (Å²) in [5.74, 6) is 1.44. The lowest BCUT2D eigenvalue weighted by Crippen LogP contribution is -2.02. The zero-order valence-electron chi connectivity index (χ0n) is 21.0. The van der Waals surface area contributed by atoms with E-state index in [1.807, 2.05) is 68.9 Å². The molecular formula is C29H25N7O. The molecule has 8 nitrogen and oxygen atoms in total. The molecule has 0 bridgehead atoms. The zero-order chi connectivity index (χ0) is 26.4. The maximum atomic E-state index is 9.41. The molecule has 0 saturated carbocycles. The van der Waals surface area contributed by atoms with Gasteiger partial charge >= 0.3 is 0 Å². The topological polar surface area (TPSA) is 112 Å². The van der Waals surface area contributed by atoms with Crippen LogP contribution in [0.15, 0.2) is 73.2 Å². The summed E-state index contributed by atoms with van der Waals surface area (Å²) in [6.07, 6.45) is 5.14. The molecular weight excluding hydrogens is 462 g/mol. The summed E-state index contributed by atoms with van der Waals surface area (Å²) in [7, 11) is 1.91. The van der Waals surface area contributed by atoms with E-state index in [1.165, 1.54) is 0 Å². The van der Waals surface area contributed by atoms with Gasteiger partial charge in [0, 0.05) is 36.9 Å². The average Bonchev–Trinajstić information content (AvgIpc) is 3.32. The first-order chi connectivity index (χ1) is 18.1. The second kappa shape index (κ2) is 11.0. The number of rotatable bonds is 5.